The SMILES string of the molecule is CNCCN1CNCC1C(=O)C=O. The van der Waals surface area contributed by atoms with Crippen LogP contribution in [0.2, 0.25) is 0 Å². The van der Waals surface area contributed by atoms with Gasteiger partial charge in [-0.05, 0) is 7.05 Å². The largest absolute Gasteiger partial charge is 0.318 e. The summed E-state index contributed by atoms with van der Waals surface area (Å²) in [6.07, 6.45) is 0.407. The third kappa shape index (κ3) is 2.58. The lowest BCUT2D eigenvalue weighted by Crippen LogP contribution is -2.41. The Balaban J connectivity index is 2.43. The van der Waals surface area contributed by atoms with Gasteiger partial charge in [0.15, 0.2) is 6.29 Å². The van der Waals surface area contributed by atoms with Crippen LogP contribution in [0.4, 0.5) is 0 Å². The predicted molar refractivity (Wildman–Crippen MR) is 48.4 cm³/mol. The molecule has 0 aromatic carbocycles. The lowest BCUT2D eigenvalue weighted by atomic mass is 10.2. The van der Waals surface area contributed by atoms with E-state index in [2.05, 4.69) is 10.6 Å². The number of hydrogen-bond acceptors (Lipinski definition) is 5. The van der Waals surface area contributed by atoms with Crippen LogP contribution >= 0.6 is 0 Å². The summed E-state index contributed by atoms with van der Waals surface area (Å²) >= 11 is 0. The zero-order chi connectivity index (χ0) is 9.68. The zero-order valence-electron chi connectivity index (χ0n) is 7.75. The van der Waals surface area contributed by atoms with Crippen LogP contribution in [0.3, 0.4) is 0 Å². The van der Waals surface area contributed by atoms with E-state index in [9.17, 15) is 9.59 Å². The van der Waals surface area contributed by atoms with Crippen molar-refractivity contribution in [1.29, 1.82) is 0 Å². The molecule has 1 atom stereocenters. The Morgan fingerprint density at radius 2 is 2.54 bits per heavy atom. The summed E-state index contributed by atoms with van der Waals surface area (Å²) in [5.74, 6) is -0.332. The Labute approximate surface area is 77.5 Å². The van der Waals surface area contributed by atoms with Crippen LogP contribution in [-0.4, -0.2) is 56.4 Å². The molecule has 1 unspecified atom stereocenters. The second kappa shape index (κ2) is 5.06. The number of likely N-dealkylation sites (N-methyl/N-ethyl adjacent to an activating group) is 1. The highest BCUT2D eigenvalue weighted by atomic mass is 16.2. The van der Waals surface area contributed by atoms with E-state index in [4.69, 9.17) is 0 Å². The number of hydrogen-bond donors (Lipinski definition) is 2. The number of aldehydes is 1. The van der Waals surface area contributed by atoms with E-state index in [0.29, 0.717) is 19.5 Å². The van der Waals surface area contributed by atoms with Crippen molar-refractivity contribution in [2.75, 3.05) is 33.4 Å². The molecule has 2 N–H and O–H groups in total. The Hall–Kier alpha value is -0.780. The van der Waals surface area contributed by atoms with Gasteiger partial charge >= 0.3 is 0 Å². The number of nitrogens with one attached hydrogen (secondary N) is 2. The van der Waals surface area contributed by atoms with E-state index < -0.39 is 0 Å². The summed E-state index contributed by atoms with van der Waals surface area (Å²) in [6, 6.07) is -0.258. The van der Waals surface area contributed by atoms with Crippen molar-refractivity contribution in [2.24, 2.45) is 0 Å². The molecule has 1 saturated heterocycles. The number of carbonyl (C=O) groups excluding carboxylic acids is 2. The quantitative estimate of drug-likeness (QED) is 0.391. The van der Waals surface area contributed by atoms with Gasteiger partial charge in [-0.15, -0.1) is 0 Å². The topological polar surface area (TPSA) is 61.4 Å². The maximum atomic E-state index is 11.1. The van der Waals surface area contributed by atoms with E-state index in [-0.39, 0.29) is 11.8 Å². The van der Waals surface area contributed by atoms with Gasteiger partial charge in [0.2, 0.25) is 5.78 Å². The molecule has 0 amide bonds. The standard InChI is InChI=1S/C8H15N3O2/c1-9-2-3-11-6-10-4-7(11)8(13)5-12/h5,7,9-10H,2-4,6H2,1H3. The summed E-state index contributed by atoms with van der Waals surface area (Å²) in [4.78, 5) is 23.4. The van der Waals surface area contributed by atoms with Crippen LogP contribution in [0.1, 0.15) is 0 Å². The van der Waals surface area contributed by atoms with Gasteiger partial charge < -0.3 is 10.6 Å². The Morgan fingerprint density at radius 3 is 3.15 bits per heavy atom. The van der Waals surface area contributed by atoms with Crippen LogP contribution < -0.4 is 10.6 Å². The zero-order valence-corrected chi connectivity index (χ0v) is 7.75. The van der Waals surface area contributed by atoms with Crippen molar-refractivity contribution >= 4 is 12.1 Å². The number of rotatable bonds is 5. The average Bonchev–Trinajstić information content (AvgIpc) is 2.61. The molecule has 0 aromatic heterocycles. The Bertz CT molecular complexity index is 196. The minimum Gasteiger partial charge on any atom is -0.318 e. The monoisotopic (exact) mass is 185 g/mol. The van der Waals surface area contributed by atoms with Gasteiger partial charge in [0.1, 0.15) is 0 Å². The Morgan fingerprint density at radius 1 is 1.77 bits per heavy atom. The molecule has 0 aliphatic carbocycles. The molecule has 0 radical (unpaired) electrons. The van der Waals surface area contributed by atoms with Crippen molar-refractivity contribution in [3.63, 3.8) is 0 Å². The van der Waals surface area contributed by atoms with Crippen molar-refractivity contribution < 1.29 is 9.59 Å². The number of ketones is 1. The first-order valence-corrected chi connectivity index (χ1v) is 4.38. The van der Waals surface area contributed by atoms with Crippen molar-refractivity contribution in [3.05, 3.63) is 0 Å². The third-order valence-corrected chi connectivity index (χ3v) is 2.19. The third-order valence-electron chi connectivity index (χ3n) is 2.19. The molecule has 13 heavy (non-hydrogen) atoms. The van der Waals surface area contributed by atoms with Crippen LogP contribution in [0.5, 0.6) is 0 Å². The molecule has 1 rings (SSSR count). The second-order valence-electron chi connectivity index (χ2n) is 3.06. The van der Waals surface area contributed by atoms with E-state index >= 15 is 0 Å². The van der Waals surface area contributed by atoms with Gasteiger partial charge in [0.25, 0.3) is 0 Å². The second-order valence-corrected chi connectivity index (χ2v) is 3.06. The molecule has 1 heterocycles. The molecule has 5 nitrogen and oxygen atoms in total. The molecule has 1 aliphatic rings. The minimum atomic E-state index is -0.332. The average molecular weight is 185 g/mol. The van der Waals surface area contributed by atoms with Gasteiger partial charge in [-0.3, -0.25) is 14.5 Å². The van der Waals surface area contributed by atoms with Crippen LogP contribution in [0, 0.1) is 0 Å². The molecule has 0 bridgehead atoms. The minimum absolute atomic E-state index is 0.258. The summed E-state index contributed by atoms with van der Waals surface area (Å²) in [5.41, 5.74) is 0. The van der Waals surface area contributed by atoms with Crippen LogP contribution in [0.25, 0.3) is 0 Å². The first-order chi connectivity index (χ1) is 6.29. The molecular formula is C8H15N3O2. The van der Waals surface area contributed by atoms with Crippen LogP contribution in [-0.2, 0) is 9.59 Å². The normalized spacial score (nSPS) is 23.3. The predicted octanol–water partition coefficient (Wildman–Crippen LogP) is -1.79. The maximum absolute atomic E-state index is 11.1. The van der Waals surface area contributed by atoms with E-state index in [1.165, 1.54) is 0 Å². The molecule has 1 aliphatic heterocycles. The maximum Gasteiger partial charge on any atom is 0.213 e. The summed E-state index contributed by atoms with van der Waals surface area (Å²) in [6.45, 7) is 2.88. The van der Waals surface area contributed by atoms with Gasteiger partial charge in [-0.25, -0.2) is 0 Å². The molecule has 5 heteroatoms. The molecule has 0 aromatic rings. The highest BCUT2D eigenvalue weighted by Crippen LogP contribution is 2.03. The number of nitrogens with zero attached hydrogens (tertiary/aromatic N) is 1. The molecule has 0 saturated carbocycles. The molecule has 0 spiro atoms. The molecule has 74 valence electrons. The number of Topliss-reactive ketones (excluding diaryl/α,β-unsaturated/α-hetero) is 1. The van der Waals surface area contributed by atoms with Gasteiger partial charge in [-0.2, -0.15) is 0 Å². The van der Waals surface area contributed by atoms with Crippen molar-refractivity contribution in [2.45, 2.75) is 6.04 Å². The van der Waals surface area contributed by atoms with Gasteiger partial charge in [-0.1, -0.05) is 0 Å². The summed E-state index contributed by atoms with van der Waals surface area (Å²) < 4.78 is 0. The molecule has 1 fully saturated rings. The highest BCUT2D eigenvalue weighted by molar-refractivity contribution is 6.27. The molecular weight excluding hydrogens is 170 g/mol. The summed E-state index contributed by atoms with van der Waals surface area (Å²) in [5, 5.41) is 6.07. The Kier molecular flexibility index (Phi) is 4.01. The fourth-order valence-electron chi connectivity index (χ4n) is 1.43. The highest BCUT2D eigenvalue weighted by Gasteiger charge is 2.29. The van der Waals surface area contributed by atoms with Crippen molar-refractivity contribution in [3.8, 4) is 0 Å². The smallest absolute Gasteiger partial charge is 0.213 e. The fraction of sp³-hybridized carbons (Fsp3) is 0.750. The van der Waals surface area contributed by atoms with Crippen molar-refractivity contribution in [1.82, 2.24) is 15.5 Å². The van der Waals surface area contributed by atoms with E-state index in [1.54, 1.807) is 0 Å². The van der Waals surface area contributed by atoms with Gasteiger partial charge in [0.05, 0.1) is 6.04 Å². The summed E-state index contributed by atoms with van der Waals surface area (Å²) in [7, 11) is 1.86. The van der Waals surface area contributed by atoms with Crippen LogP contribution in [0.15, 0.2) is 0 Å². The first kappa shape index (κ1) is 10.3. The fourth-order valence-corrected chi connectivity index (χ4v) is 1.43. The van der Waals surface area contributed by atoms with Gasteiger partial charge in [0, 0.05) is 26.3 Å². The lowest BCUT2D eigenvalue weighted by molar-refractivity contribution is -0.132. The number of carbonyl (C=O) groups is 2. The lowest BCUT2D eigenvalue weighted by Gasteiger charge is -2.19. The van der Waals surface area contributed by atoms with E-state index in [0.717, 1.165) is 13.1 Å². The first-order valence-electron chi connectivity index (χ1n) is 4.38. The van der Waals surface area contributed by atoms with E-state index in [1.807, 2.05) is 11.9 Å².